The predicted molar refractivity (Wildman–Crippen MR) is 47.7 cm³/mol. The highest BCUT2D eigenvalue weighted by molar-refractivity contribution is 4.93. The zero-order valence-electron chi connectivity index (χ0n) is 7.91. The number of rotatable bonds is 3. The molecule has 2 N–H and O–H groups in total. The van der Waals surface area contributed by atoms with E-state index < -0.39 is 0 Å². The molecule has 0 spiro atoms. The molecule has 0 aromatic carbocycles. The molecule has 1 aromatic heterocycles. The van der Waals surface area contributed by atoms with Gasteiger partial charge < -0.3 is 5.73 Å². The van der Waals surface area contributed by atoms with E-state index in [2.05, 4.69) is 17.0 Å². The van der Waals surface area contributed by atoms with Gasteiger partial charge >= 0.3 is 0 Å². The first kappa shape index (κ1) is 9.19. The van der Waals surface area contributed by atoms with Gasteiger partial charge in [-0.25, -0.2) is 4.98 Å². The van der Waals surface area contributed by atoms with Crippen LogP contribution in [0.1, 0.15) is 25.5 Å². The third-order valence-electron chi connectivity index (χ3n) is 1.72. The molecule has 0 bridgehead atoms. The summed E-state index contributed by atoms with van der Waals surface area (Å²) in [5.41, 5.74) is 5.64. The SMILES string of the molecule is CCc1nc(CC(C)N)nn1C. The molecule has 1 heterocycles. The van der Waals surface area contributed by atoms with Gasteiger partial charge in [0.1, 0.15) is 5.82 Å². The number of aryl methyl sites for hydroxylation is 2. The van der Waals surface area contributed by atoms with Gasteiger partial charge in [0.15, 0.2) is 5.82 Å². The Balaban J connectivity index is 2.75. The Morgan fingerprint density at radius 2 is 2.25 bits per heavy atom. The zero-order chi connectivity index (χ0) is 9.14. The molecule has 4 heteroatoms. The Morgan fingerprint density at radius 3 is 2.67 bits per heavy atom. The zero-order valence-corrected chi connectivity index (χ0v) is 7.91. The number of hydrogen-bond donors (Lipinski definition) is 1. The highest BCUT2D eigenvalue weighted by atomic mass is 15.3. The second kappa shape index (κ2) is 3.67. The summed E-state index contributed by atoms with van der Waals surface area (Å²) in [4.78, 5) is 4.34. The quantitative estimate of drug-likeness (QED) is 0.704. The van der Waals surface area contributed by atoms with Crippen molar-refractivity contribution in [2.75, 3.05) is 0 Å². The molecule has 12 heavy (non-hydrogen) atoms. The van der Waals surface area contributed by atoms with E-state index in [1.165, 1.54) is 0 Å². The summed E-state index contributed by atoms with van der Waals surface area (Å²) in [6, 6.07) is 0.136. The third-order valence-corrected chi connectivity index (χ3v) is 1.72. The minimum atomic E-state index is 0.136. The first-order valence-electron chi connectivity index (χ1n) is 4.27. The largest absolute Gasteiger partial charge is 0.328 e. The summed E-state index contributed by atoms with van der Waals surface area (Å²) in [6.45, 7) is 4.03. The fourth-order valence-corrected chi connectivity index (χ4v) is 1.16. The highest BCUT2D eigenvalue weighted by Gasteiger charge is 2.06. The monoisotopic (exact) mass is 168 g/mol. The second-order valence-corrected chi connectivity index (χ2v) is 3.10. The molecule has 0 aliphatic rings. The van der Waals surface area contributed by atoms with Crippen LogP contribution in [0.25, 0.3) is 0 Å². The van der Waals surface area contributed by atoms with Crippen molar-refractivity contribution in [2.45, 2.75) is 32.7 Å². The lowest BCUT2D eigenvalue weighted by atomic mass is 10.2. The average molecular weight is 168 g/mol. The van der Waals surface area contributed by atoms with Crippen molar-refractivity contribution in [1.82, 2.24) is 14.8 Å². The van der Waals surface area contributed by atoms with Crippen LogP contribution in [0, 0.1) is 0 Å². The Labute approximate surface area is 72.8 Å². The second-order valence-electron chi connectivity index (χ2n) is 3.10. The third kappa shape index (κ3) is 2.04. The van der Waals surface area contributed by atoms with Crippen molar-refractivity contribution in [3.63, 3.8) is 0 Å². The van der Waals surface area contributed by atoms with E-state index in [4.69, 9.17) is 5.73 Å². The van der Waals surface area contributed by atoms with Crippen molar-refractivity contribution in [1.29, 1.82) is 0 Å². The lowest BCUT2D eigenvalue weighted by molar-refractivity contribution is 0.670. The molecule has 68 valence electrons. The number of nitrogens with zero attached hydrogens (tertiary/aromatic N) is 3. The van der Waals surface area contributed by atoms with Gasteiger partial charge in [0.2, 0.25) is 0 Å². The van der Waals surface area contributed by atoms with Crippen LogP contribution >= 0.6 is 0 Å². The summed E-state index contributed by atoms with van der Waals surface area (Å²) in [7, 11) is 1.91. The van der Waals surface area contributed by atoms with E-state index in [9.17, 15) is 0 Å². The van der Waals surface area contributed by atoms with Gasteiger partial charge in [-0.2, -0.15) is 5.10 Å². The van der Waals surface area contributed by atoms with E-state index in [-0.39, 0.29) is 6.04 Å². The first-order chi connectivity index (χ1) is 5.63. The van der Waals surface area contributed by atoms with Crippen molar-refractivity contribution in [3.8, 4) is 0 Å². The lowest BCUT2D eigenvalue weighted by Gasteiger charge is -1.97. The van der Waals surface area contributed by atoms with Crippen LogP contribution in [0.2, 0.25) is 0 Å². The molecule has 1 aromatic rings. The Bertz CT molecular complexity index is 252. The predicted octanol–water partition coefficient (Wildman–Crippen LogP) is 0.267. The fourth-order valence-electron chi connectivity index (χ4n) is 1.16. The van der Waals surface area contributed by atoms with Crippen molar-refractivity contribution in [3.05, 3.63) is 11.6 Å². The summed E-state index contributed by atoms with van der Waals surface area (Å²) < 4.78 is 1.82. The maximum atomic E-state index is 5.64. The van der Waals surface area contributed by atoms with Crippen LogP contribution < -0.4 is 5.73 Å². The molecule has 0 saturated heterocycles. The van der Waals surface area contributed by atoms with Crippen LogP contribution in [0.3, 0.4) is 0 Å². The van der Waals surface area contributed by atoms with E-state index in [0.29, 0.717) is 0 Å². The van der Waals surface area contributed by atoms with E-state index in [1.807, 2.05) is 18.7 Å². The van der Waals surface area contributed by atoms with Gasteiger partial charge in [-0.3, -0.25) is 4.68 Å². The summed E-state index contributed by atoms with van der Waals surface area (Å²) in [6.07, 6.45) is 1.68. The molecule has 0 fully saturated rings. The van der Waals surface area contributed by atoms with Gasteiger partial charge in [0.25, 0.3) is 0 Å². The number of aromatic nitrogens is 3. The van der Waals surface area contributed by atoms with Crippen LogP contribution in [-0.4, -0.2) is 20.8 Å². The molecule has 0 aliphatic carbocycles. The minimum absolute atomic E-state index is 0.136. The standard InChI is InChI=1S/C8H16N4/c1-4-8-10-7(5-6(2)9)11-12(8)3/h6H,4-5,9H2,1-3H3. The van der Waals surface area contributed by atoms with Crippen molar-refractivity contribution < 1.29 is 0 Å². The van der Waals surface area contributed by atoms with Gasteiger partial charge in [-0.15, -0.1) is 0 Å². The van der Waals surface area contributed by atoms with Crippen LogP contribution in [0.15, 0.2) is 0 Å². The Hall–Kier alpha value is -0.900. The van der Waals surface area contributed by atoms with Gasteiger partial charge in [-0.1, -0.05) is 6.92 Å². The topological polar surface area (TPSA) is 56.7 Å². The molecule has 4 nitrogen and oxygen atoms in total. The summed E-state index contributed by atoms with van der Waals surface area (Å²) in [5, 5.41) is 4.25. The van der Waals surface area contributed by atoms with Crippen LogP contribution in [-0.2, 0) is 19.9 Å². The first-order valence-corrected chi connectivity index (χ1v) is 4.27. The van der Waals surface area contributed by atoms with E-state index >= 15 is 0 Å². The normalized spacial score (nSPS) is 13.3. The number of hydrogen-bond acceptors (Lipinski definition) is 3. The smallest absolute Gasteiger partial charge is 0.152 e. The fraction of sp³-hybridized carbons (Fsp3) is 0.750. The van der Waals surface area contributed by atoms with Crippen LogP contribution in [0.4, 0.5) is 0 Å². The maximum absolute atomic E-state index is 5.64. The summed E-state index contributed by atoms with van der Waals surface area (Å²) in [5.74, 6) is 1.87. The Kier molecular flexibility index (Phi) is 2.81. The molecule has 1 unspecified atom stereocenters. The van der Waals surface area contributed by atoms with E-state index in [0.717, 1.165) is 24.5 Å². The molecule has 0 radical (unpaired) electrons. The lowest BCUT2D eigenvalue weighted by Crippen LogP contribution is -2.18. The van der Waals surface area contributed by atoms with Crippen LogP contribution in [0.5, 0.6) is 0 Å². The molecular formula is C8H16N4. The molecule has 0 amide bonds. The van der Waals surface area contributed by atoms with Crippen molar-refractivity contribution in [2.24, 2.45) is 12.8 Å². The maximum Gasteiger partial charge on any atom is 0.152 e. The average Bonchev–Trinajstić information content (AvgIpc) is 2.29. The number of nitrogens with two attached hydrogens (primary N) is 1. The molecule has 1 rings (SSSR count). The Morgan fingerprint density at radius 1 is 1.58 bits per heavy atom. The molecule has 0 saturated carbocycles. The van der Waals surface area contributed by atoms with E-state index in [1.54, 1.807) is 0 Å². The van der Waals surface area contributed by atoms with Gasteiger partial charge in [0.05, 0.1) is 0 Å². The molecule has 1 atom stereocenters. The van der Waals surface area contributed by atoms with Gasteiger partial charge in [-0.05, 0) is 6.92 Å². The van der Waals surface area contributed by atoms with Crippen molar-refractivity contribution >= 4 is 0 Å². The molecular weight excluding hydrogens is 152 g/mol. The highest BCUT2D eigenvalue weighted by Crippen LogP contribution is 1.99. The molecule has 0 aliphatic heterocycles. The summed E-state index contributed by atoms with van der Waals surface area (Å²) >= 11 is 0. The minimum Gasteiger partial charge on any atom is -0.328 e. The van der Waals surface area contributed by atoms with Gasteiger partial charge in [0, 0.05) is 25.9 Å².